The van der Waals surface area contributed by atoms with E-state index in [4.69, 9.17) is 0 Å². The van der Waals surface area contributed by atoms with Crippen molar-refractivity contribution >= 4 is 17.6 Å². The number of benzene rings is 2. The van der Waals surface area contributed by atoms with E-state index in [-0.39, 0.29) is 5.41 Å². The molecule has 0 radical (unpaired) electrons. The van der Waals surface area contributed by atoms with Crippen molar-refractivity contribution in [2.24, 2.45) is 4.99 Å². The summed E-state index contributed by atoms with van der Waals surface area (Å²) >= 11 is 0. The molecule has 0 fully saturated rings. The molecular formula is C20H20N2. The standard InChI is InChI=1S/C20H20N2/c1-20(2)17-12-6-7-13-18(17)22-19(20)14-8-9-15-21-16-10-4-3-5-11-16/h3-15,22H,1-2H3. The molecule has 2 heteroatoms. The summed E-state index contributed by atoms with van der Waals surface area (Å²) in [6, 6.07) is 18.4. The summed E-state index contributed by atoms with van der Waals surface area (Å²) in [6.45, 7) is 4.48. The van der Waals surface area contributed by atoms with Gasteiger partial charge in [-0.25, -0.2) is 0 Å². The summed E-state index contributed by atoms with van der Waals surface area (Å²) < 4.78 is 0. The Balaban J connectivity index is 1.72. The van der Waals surface area contributed by atoms with Crippen LogP contribution < -0.4 is 5.32 Å². The van der Waals surface area contributed by atoms with Crippen LogP contribution in [0.4, 0.5) is 11.4 Å². The Labute approximate surface area is 131 Å². The number of hydrogen-bond donors (Lipinski definition) is 1. The molecule has 1 aliphatic rings. The van der Waals surface area contributed by atoms with Crippen LogP contribution >= 0.6 is 0 Å². The normalized spacial score (nSPS) is 18.0. The molecule has 22 heavy (non-hydrogen) atoms. The molecular weight excluding hydrogens is 268 g/mol. The van der Waals surface area contributed by atoms with Gasteiger partial charge in [0.25, 0.3) is 0 Å². The first-order valence-electron chi connectivity index (χ1n) is 7.51. The molecule has 1 N–H and O–H groups in total. The highest BCUT2D eigenvalue weighted by molar-refractivity contribution is 5.75. The fourth-order valence-electron chi connectivity index (χ4n) is 2.68. The predicted molar refractivity (Wildman–Crippen MR) is 94.9 cm³/mol. The lowest BCUT2D eigenvalue weighted by atomic mass is 9.84. The Morgan fingerprint density at radius 1 is 0.909 bits per heavy atom. The van der Waals surface area contributed by atoms with Gasteiger partial charge in [0.15, 0.2) is 0 Å². The Bertz CT molecular complexity index is 737. The summed E-state index contributed by atoms with van der Waals surface area (Å²) in [4.78, 5) is 4.38. The lowest BCUT2D eigenvalue weighted by molar-refractivity contribution is 0.654. The summed E-state index contributed by atoms with van der Waals surface area (Å²) in [7, 11) is 0. The van der Waals surface area contributed by atoms with E-state index in [0.29, 0.717) is 0 Å². The Morgan fingerprint density at radius 2 is 1.64 bits per heavy atom. The maximum Gasteiger partial charge on any atom is 0.0629 e. The van der Waals surface area contributed by atoms with Crippen LogP contribution in [0.5, 0.6) is 0 Å². The maximum absolute atomic E-state index is 4.38. The van der Waals surface area contributed by atoms with Gasteiger partial charge in [-0.05, 0) is 35.9 Å². The summed E-state index contributed by atoms with van der Waals surface area (Å²) in [5.74, 6) is 0. The van der Waals surface area contributed by atoms with Crippen LogP contribution in [-0.2, 0) is 5.41 Å². The van der Waals surface area contributed by atoms with Gasteiger partial charge in [-0.3, -0.25) is 4.99 Å². The van der Waals surface area contributed by atoms with E-state index in [9.17, 15) is 0 Å². The van der Waals surface area contributed by atoms with Crippen molar-refractivity contribution in [2.45, 2.75) is 19.3 Å². The van der Waals surface area contributed by atoms with E-state index in [2.05, 4.69) is 54.5 Å². The van der Waals surface area contributed by atoms with Crippen LogP contribution in [-0.4, -0.2) is 6.21 Å². The Kier molecular flexibility index (Phi) is 3.92. The number of para-hydroxylation sites is 2. The maximum atomic E-state index is 4.38. The van der Waals surface area contributed by atoms with Crippen LogP contribution in [0.1, 0.15) is 19.4 Å². The van der Waals surface area contributed by atoms with Gasteiger partial charge >= 0.3 is 0 Å². The molecule has 110 valence electrons. The minimum Gasteiger partial charge on any atom is -0.358 e. The second-order valence-electron chi connectivity index (χ2n) is 5.87. The average Bonchev–Trinajstić information content (AvgIpc) is 2.79. The molecule has 0 unspecified atom stereocenters. The highest BCUT2D eigenvalue weighted by atomic mass is 14.9. The Morgan fingerprint density at radius 3 is 2.41 bits per heavy atom. The predicted octanol–water partition coefficient (Wildman–Crippen LogP) is 5.23. The summed E-state index contributed by atoms with van der Waals surface area (Å²) in [5, 5.41) is 3.50. The molecule has 0 atom stereocenters. The van der Waals surface area contributed by atoms with Crippen molar-refractivity contribution in [2.75, 3.05) is 5.32 Å². The van der Waals surface area contributed by atoms with E-state index < -0.39 is 0 Å². The molecule has 1 aliphatic heterocycles. The zero-order valence-corrected chi connectivity index (χ0v) is 13.0. The monoisotopic (exact) mass is 288 g/mol. The van der Waals surface area contributed by atoms with Crippen molar-refractivity contribution in [3.05, 3.63) is 84.1 Å². The molecule has 3 rings (SSSR count). The zero-order valence-electron chi connectivity index (χ0n) is 13.0. The highest BCUT2D eigenvalue weighted by Gasteiger charge is 2.33. The van der Waals surface area contributed by atoms with Crippen LogP contribution in [0.2, 0.25) is 0 Å². The highest BCUT2D eigenvalue weighted by Crippen LogP contribution is 2.42. The summed E-state index contributed by atoms with van der Waals surface area (Å²) in [6.07, 6.45) is 7.93. The van der Waals surface area contributed by atoms with Gasteiger partial charge in [0.1, 0.15) is 0 Å². The smallest absolute Gasteiger partial charge is 0.0629 e. The number of nitrogens with one attached hydrogen (secondary N) is 1. The van der Waals surface area contributed by atoms with E-state index in [1.165, 1.54) is 16.9 Å². The number of hydrogen-bond acceptors (Lipinski definition) is 2. The molecule has 0 saturated carbocycles. The van der Waals surface area contributed by atoms with Crippen molar-refractivity contribution in [3.63, 3.8) is 0 Å². The molecule has 0 saturated heterocycles. The van der Waals surface area contributed by atoms with E-state index in [0.717, 1.165) is 5.69 Å². The second-order valence-corrected chi connectivity index (χ2v) is 5.87. The molecule has 2 aromatic rings. The van der Waals surface area contributed by atoms with Crippen molar-refractivity contribution in [3.8, 4) is 0 Å². The van der Waals surface area contributed by atoms with Crippen molar-refractivity contribution in [1.29, 1.82) is 0 Å². The zero-order chi connectivity index (χ0) is 15.4. The molecule has 0 bridgehead atoms. The molecule has 1 heterocycles. The minimum atomic E-state index is 0.0114. The lowest BCUT2D eigenvalue weighted by Gasteiger charge is -2.19. The number of anilines is 1. The van der Waals surface area contributed by atoms with Gasteiger partial charge in [0.05, 0.1) is 5.69 Å². The number of nitrogens with zero attached hydrogens (tertiary/aromatic N) is 1. The van der Waals surface area contributed by atoms with Crippen LogP contribution in [0.15, 0.2) is 83.5 Å². The van der Waals surface area contributed by atoms with Crippen LogP contribution in [0.25, 0.3) is 0 Å². The quantitative estimate of drug-likeness (QED) is 0.768. The minimum absolute atomic E-state index is 0.0114. The first kappa shape index (κ1) is 14.3. The van der Waals surface area contributed by atoms with Crippen molar-refractivity contribution < 1.29 is 0 Å². The van der Waals surface area contributed by atoms with Gasteiger partial charge in [-0.1, -0.05) is 56.3 Å². The van der Waals surface area contributed by atoms with Gasteiger partial charge in [-0.15, -0.1) is 0 Å². The molecule has 2 aromatic carbocycles. The van der Waals surface area contributed by atoms with Gasteiger partial charge in [0.2, 0.25) is 0 Å². The van der Waals surface area contributed by atoms with Crippen LogP contribution in [0.3, 0.4) is 0 Å². The van der Waals surface area contributed by atoms with Gasteiger partial charge < -0.3 is 5.32 Å². The second kappa shape index (κ2) is 6.02. The molecule has 0 amide bonds. The van der Waals surface area contributed by atoms with Gasteiger partial charge in [0, 0.05) is 23.0 Å². The number of aliphatic imine (C=N–C) groups is 1. The third-order valence-electron chi connectivity index (χ3n) is 3.98. The van der Waals surface area contributed by atoms with E-state index >= 15 is 0 Å². The third kappa shape index (κ3) is 2.86. The van der Waals surface area contributed by atoms with Crippen LogP contribution in [0, 0.1) is 0 Å². The SMILES string of the molecule is CC1(C)C(=CC=CC=Nc2ccccc2)Nc2ccccc21. The first-order valence-corrected chi connectivity index (χ1v) is 7.51. The molecule has 0 spiro atoms. The van der Waals surface area contributed by atoms with E-state index in [1.54, 1.807) is 0 Å². The van der Waals surface area contributed by atoms with Crippen molar-refractivity contribution in [1.82, 2.24) is 0 Å². The summed E-state index contributed by atoms with van der Waals surface area (Å²) in [5.41, 5.74) is 4.72. The largest absolute Gasteiger partial charge is 0.358 e. The fraction of sp³-hybridized carbons (Fsp3) is 0.150. The van der Waals surface area contributed by atoms with E-state index in [1.807, 2.05) is 48.7 Å². The molecule has 2 nitrogen and oxygen atoms in total. The number of allylic oxidation sites excluding steroid dienone is 4. The topological polar surface area (TPSA) is 24.4 Å². The lowest BCUT2D eigenvalue weighted by Crippen LogP contribution is -2.16. The van der Waals surface area contributed by atoms with Gasteiger partial charge in [-0.2, -0.15) is 0 Å². The average molecular weight is 288 g/mol. The fourth-order valence-corrected chi connectivity index (χ4v) is 2.68. The third-order valence-corrected chi connectivity index (χ3v) is 3.98. The molecule has 0 aliphatic carbocycles. The first-order chi connectivity index (χ1) is 10.7. The number of rotatable bonds is 3. The molecule has 0 aromatic heterocycles. The number of fused-ring (bicyclic) bond motifs is 1. The Hall–Kier alpha value is -2.61.